The predicted octanol–water partition coefficient (Wildman–Crippen LogP) is 3.61. The molecule has 12 heteroatoms. The minimum atomic E-state index is -0.845. The van der Waals surface area contributed by atoms with Crippen molar-refractivity contribution in [3.63, 3.8) is 0 Å². The standard InChI is InChI=1S/C28H24FN9O2/c1-4-37-22(16-5-8-19(9-6-16)38-15(2)35-36(3)28(38)40)14-17-11-12-31-23(24(17)37)27-32-26(33-34-27)18-7-10-20(25(30)39)21(29)13-18/h5-14H,4H2,1-3H3,(H2,30,39)(H,32,33,34). The summed E-state index contributed by atoms with van der Waals surface area (Å²) in [5.41, 5.74) is 9.32. The van der Waals surface area contributed by atoms with Crippen LogP contribution >= 0.6 is 0 Å². The fourth-order valence-corrected chi connectivity index (χ4v) is 4.97. The number of nitrogens with zero attached hydrogens (tertiary/aromatic N) is 7. The van der Waals surface area contributed by atoms with E-state index < -0.39 is 11.7 Å². The van der Waals surface area contributed by atoms with Crippen LogP contribution in [0.25, 0.3) is 50.8 Å². The summed E-state index contributed by atoms with van der Waals surface area (Å²) >= 11 is 0. The molecule has 0 aliphatic rings. The molecule has 1 amide bonds. The number of rotatable bonds is 6. The number of amides is 1. The highest BCUT2D eigenvalue weighted by Crippen LogP contribution is 2.33. The molecule has 0 bridgehead atoms. The molecule has 0 saturated heterocycles. The highest BCUT2D eigenvalue weighted by atomic mass is 19.1. The fraction of sp³-hybridized carbons (Fsp3) is 0.143. The molecular formula is C28H24FN9O2. The highest BCUT2D eigenvalue weighted by molar-refractivity contribution is 5.95. The molecule has 0 atom stereocenters. The maximum atomic E-state index is 14.3. The summed E-state index contributed by atoms with van der Waals surface area (Å²) in [6, 6.07) is 15.8. The average molecular weight is 538 g/mol. The maximum Gasteiger partial charge on any atom is 0.350 e. The van der Waals surface area contributed by atoms with Gasteiger partial charge in [0, 0.05) is 36.4 Å². The van der Waals surface area contributed by atoms with Crippen LogP contribution in [0.4, 0.5) is 4.39 Å². The van der Waals surface area contributed by atoms with E-state index in [-0.39, 0.29) is 17.1 Å². The minimum Gasteiger partial charge on any atom is -0.366 e. The first-order valence-corrected chi connectivity index (χ1v) is 12.5. The summed E-state index contributed by atoms with van der Waals surface area (Å²) in [6.45, 7) is 4.49. The van der Waals surface area contributed by atoms with Gasteiger partial charge in [0.05, 0.1) is 16.8 Å². The van der Waals surface area contributed by atoms with Gasteiger partial charge in [0.25, 0.3) is 5.91 Å². The number of carbonyl (C=O) groups excluding carboxylic acids is 1. The summed E-state index contributed by atoms with van der Waals surface area (Å²) in [7, 11) is 1.63. The van der Waals surface area contributed by atoms with Crippen molar-refractivity contribution in [3.05, 3.63) is 88.5 Å². The smallest absolute Gasteiger partial charge is 0.350 e. The van der Waals surface area contributed by atoms with Crippen LogP contribution in [0, 0.1) is 12.7 Å². The van der Waals surface area contributed by atoms with Gasteiger partial charge in [0.1, 0.15) is 17.3 Å². The lowest BCUT2D eigenvalue weighted by Crippen LogP contribution is -2.21. The summed E-state index contributed by atoms with van der Waals surface area (Å²) in [6.07, 6.45) is 1.70. The Kier molecular flexibility index (Phi) is 5.87. The van der Waals surface area contributed by atoms with Crippen LogP contribution in [0.1, 0.15) is 23.1 Å². The van der Waals surface area contributed by atoms with Crippen LogP contribution < -0.4 is 11.4 Å². The zero-order valence-electron chi connectivity index (χ0n) is 21.9. The molecule has 0 aliphatic heterocycles. The molecule has 0 spiro atoms. The Hall–Kier alpha value is -5.39. The van der Waals surface area contributed by atoms with Crippen LogP contribution in [-0.4, -0.2) is 45.0 Å². The van der Waals surface area contributed by atoms with E-state index in [0.717, 1.165) is 27.8 Å². The number of carbonyl (C=O) groups is 1. The molecule has 0 fully saturated rings. The van der Waals surface area contributed by atoms with E-state index in [0.29, 0.717) is 29.5 Å². The Morgan fingerprint density at radius 1 is 1.07 bits per heavy atom. The first-order valence-electron chi connectivity index (χ1n) is 12.5. The number of benzene rings is 2. The molecule has 0 unspecified atom stereocenters. The van der Waals surface area contributed by atoms with Crippen molar-refractivity contribution >= 4 is 16.8 Å². The number of aryl methyl sites for hydroxylation is 3. The van der Waals surface area contributed by atoms with Gasteiger partial charge in [-0.25, -0.2) is 23.4 Å². The molecule has 3 N–H and O–H groups in total. The van der Waals surface area contributed by atoms with E-state index in [1.807, 2.05) is 37.3 Å². The average Bonchev–Trinajstić information content (AvgIpc) is 3.64. The van der Waals surface area contributed by atoms with E-state index in [1.54, 1.807) is 30.8 Å². The van der Waals surface area contributed by atoms with Crippen molar-refractivity contribution in [3.8, 4) is 39.9 Å². The third-order valence-corrected chi connectivity index (χ3v) is 6.83. The van der Waals surface area contributed by atoms with Gasteiger partial charge < -0.3 is 10.3 Å². The number of nitrogens with one attached hydrogen (secondary N) is 1. The SMILES string of the molecule is CCn1c(-c2ccc(-n3c(C)nn(C)c3=O)cc2)cc2ccnc(-c3nc(-c4ccc(C(N)=O)c(F)c4)n[nH]3)c21. The molecule has 6 rings (SSSR count). The molecular weight excluding hydrogens is 513 g/mol. The highest BCUT2D eigenvalue weighted by Gasteiger charge is 2.19. The summed E-state index contributed by atoms with van der Waals surface area (Å²) in [5, 5.41) is 12.3. The number of aromatic nitrogens is 8. The summed E-state index contributed by atoms with van der Waals surface area (Å²) < 4.78 is 19.4. The Morgan fingerprint density at radius 2 is 1.82 bits per heavy atom. The fourth-order valence-electron chi connectivity index (χ4n) is 4.97. The van der Waals surface area contributed by atoms with Gasteiger partial charge in [0.15, 0.2) is 11.6 Å². The Labute approximate surface area is 226 Å². The second-order valence-electron chi connectivity index (χ2n) is 9.27. The molecule has 0 radical (unpaired) electrons. The molecule has 4 aromatic heterocycles. The third-order valence-electron chi connectivity index (χ3n) is 6.83. The molecule has 200 valence electrons. The van der Waals surface area contributed by atoms with Gasteiger partial charge in [-0.2, -0.15) is 10.2 Å². The molecule has 6 aromatic rings. The van der Waals surface area contributed by atoms with Crippen LogP contribution in [0.5, 0.6) is 0 Å². The third kappa shape index (κ3) is 3.97. The molecule has 0 saturated carbocycles. The number of halogens is 1. The number of H-pyrrole nitrogens is 1. The topological polar surface area (TPSA) is 142 Å². The molecule has 4 heterocycles. The van der Waals surface area contributed by atoms with E-state index in [9.17, 15) is 14.0 Å². The van der Waals surface area contributed by atoms with Gasteiger partial charge in [0.2, 0.25) is 0 Å². The van der Waals surface area contributed by atoms with Crippen LogP contribution in [0.2, 0.25) is 0 Å². The lowest BCUT2D eigenvalue weighted by Gasteiger charge is -2.11. The maximum absolute atomic E-state index is 14.3. The second kappa shape index (κ2) is 9.42. The van der Waals surface area contributed by atoms with Crippen molar-refractivity contribution in [2.45, 2.75) is 20.4 Å². The van der Waals surface area contributed by atoms with Gasteiger partial charge >= 0.3 is 5.69 Å². The first-order chi connectivity index (χ1) is 19.3. The quantitative estimate of drug-likeness (QED) is 0.332. The zero-order chi connectivity index (χ0) is 28.1. The second-order valence-corrected chi connectivity index (χ2v) is 9.27. The molecule has 11 nitrogen and oxygen atoms in total. The lowest BCUT2D eigenvalue weighted by atomic mass is 10.1. The van der Waals surface area contributed by atoms with E-state index >= 15 is 0 Å². The van der Waals surface area contributed by atoms with E-state index in [1.165, 1.54) is 16.8 Å². The monoisotopic (exact) mass is 537 g/mol. The number of pyridine rings is 1. The number of primary amides is 1. The first kappa shape index (κ1) is 24.9. The Balaban J connectivity index is 1.41. The number of hydrogen-bond acceptors (Lipinski definition) is 6. The number of fused-ring (bicyclic) bond motifs is 1. The lowest BCUT2D eigenvalue weighted by molar-refractivity contribution is 0.0996. The Morgan fingerprint density at radius 3 is 2.48 bits per heavy atom. The number of nitrogens with two attached hydrogens (primary N) is 1. The van der Waals surface area contributed by atoms with Crippen molar-refractivity contribution < 1.29 is 9.18 Å². The minimum absolute atomic E-state index is 0.199. The van der Waals surface area contributed by atoms with Gasteiger partial charge in [-0.15, -0.1) is 0 Å². The predicted molar refractivity (Wildman–Crippen MR) is 147 cm³/mol. The van der Waals surface area contributed by atoms with E-state index in [4.69, 9.17) is 5.73 Å². The number of aromatic amines is 1. The molecule has 40 heavy (non-hydrogen) atoms. The van der Waals surface area contributed by atoms with Crippen LogP contribution in [-0.2, 0) is 13.6 Å². The van der Waals surface area contributed by atoms with Crippen LogP contribution in [0.15, 0.2) is 65.6 Å². The van der Waals surface area contributed by atoms with Gasteiger partial charge in [-0.05, 0) is 55.8 Å². The van der Waals surface area contributed by atoms with Crippen molar-refractivity contribution in [2.24, 2.45) is 12.8 Å². The van der Waals surface area contributed by atoms with Crippen molar-refractivity contribution in [1.82, 2.24) is 39.1 Å². The summed E-state index contributed by atoms with van der Waals surface area (Å²) in [5.74, 6) is -0.300. The Bertz CT molecular complexity index is 1980. The van der Waals surface area contributed by atoms with Gasteiger partial charge in [-0.3, -0.25) is 14.9 Å². The zero-order valence-corrected chi connectivity index (χ0v) is 21.9. The van der Waals surface area contributed by atoms with Gasteiger partial charge in [-0.1, -0.05) is 18.2 Å². The van der Waals surface area contributed by atoms with Crippen LogP contribution in [0.3, 0.4) is 0 Å². The largest absolute Gasteiger partial charge is 0.366 e. The summed E-state index contributed by atoms with van der Waals surface area (Å²) in [4.78, 5) is 33.0. The van der Waals surface area contributed by atoms with Crippen molar-refractivity contribution in [1.29, 1.82) is 0 Å². The van der Waals surface area contributed by atoms with E-state index in [2.05, 4.69) is 35.9 Å². The van der Waals surface area contributed by atoms with Crippen molar-refractivity contribution in [2.75, 3.05) is 0 Å². The number of hydrogen-bond donors (Lipinski definition) is 2. The molecule has 2 aromatic carbocycles. The normalized spacial score (nSPS) is 11.4. The molecule has 0 aliphatic carbocycles.